The molecule has 0 amide bonds. The number of nitrogens with zero attached hydrogens (tertiary/aromatic N) is 2. The van der Waals surface area contributed by atoms with E-state index in [1.54, 1.807) is 19.5 Å². The van der Waals surface area contributed by atoms with Gasteiger partial charge in [-0.2, -0.15) is 0 Å². The summed E-state index contributed by atoms with van der Waals surface area (Å²) in [7, 11) is 1.65. The zero-order valence-electron chi connectivity index (χ0n) is 12.2. The van der Waals surface area contributed by atoms with Gasteiger partial charge < -0.3 is 4.74 Å². The average molecular weight is 310 g/mol. The maximum absolute atomic E-state index is 6.08. The van der Waals surface area contributed by atoms with Gasteiger partial charge in [-0.3, -0.25) is 4.98 Å². The third kappa shape index (κ3) is 3.26. The van der Waals surface area contributed by atoms with Crippen LogP contribution in [0.15, 0.2) is 60.9 Å². The molecule has 3 aromatic rings. The summed E-state index contributed by atoms with van der Waals surface area (Å²) in [5.41, 5.74) is 3.89. The Morgan fingerprint density at radius 1 is 1.05 bits per heavy atom. The third-order valence-electron chi connectivity index (χ3n) is 3.37. The summed E-state index contributed by atoms with van der Waals surface area (Å²) in [5.74, 6) is 0.737. The second-order valence-electron chi connectivity index (χ2n) is 4.90. The zero-order valence-corrected chi connectivity index (χ0v) is 12.9. The van der Waals surface area contributed by atoms with Crippen molar-refractivity contribution < 1.29 is 4.74 Å². The van der Waals surface area contributed by atoms with E-state index in [2.05, 4.69) is 4.98 Å². The molecule has 2 aromatic heterocycles. The Hall–Kier alpha value is -2.39. The zero-order chi connectivity index (χ0) is 15.4. The number of pyridine rings is 2. The number of rotatable bonds is 4. The van der Waals surface area contributed by atoms with Crippen molar-refractivity contribution >= 4 is 11.6 Å². The van der Waals surface area contributed by atoms with Crippen LogP contribution in [-0.4, -0.2) is 17.1 Å². The molecule has 4 heteroatoms. The molecule has 2 heterocycles. The molecule has 0 saturated heterocycles. The minimum atomic E-state index is 0.681. The molecule has 3 nitrogen and oxygen atoms in total. The van der Waals surface area contributed by atoms with E-state index < -0.39 is 0 Å². The summed E-state index contributed by atoms with van der Waals surface area (Å²) in [4.78, 5) is 8.78. The first-order valence-corrected chi connectivity index (χ1v) is 7.33. The monoisotopic (exact) mass is 309 g/mol. The molecule has 0 saturated carbocycles. The Labute approximate surface area is 134 Å². The fourth-order valence-corrected chi connectivity index (χ4v) is 2.49. The maximum atomic E-state index is 6.08. The van der Waals surface area contributed by atoms with Crippen LogP contribution in [0.4, 0.5) is 0 Å². The standard InChI is InChI=1S/C18H15ClN2O/c1-22-17-6-5-16(11-13-7-9-20-10-8-13)21-18(17)14-3-2-4-15(19)12-14/h2-10,12H,11H2,1H3/i1-1. The van der Waals surface area contributed by atoms with E-state index in [9.17, 15) is 0 Å². The van der Waals surface area contributed by atoms with Crippen LogP contribution in [0.1, 0.15) is 11.3 Å². The number of halogens is 1. The van der Waals surface area contributed by atoms with Gasteiger partial charge in [-0.1, -0.05) is 23.7 Å². The van der Waals surface area contributed by atoms with Crippen LogP contribution in [0.2, 0.25) is 5.02 Å². The molecule has 0 atom stereocenters. The van der Waals surface area contributed by atoms with E-state index in [0.29, 0.717) is 5.02 Å². The Kier molecular flexibility index (Phi) is 4.35. The quantitative estimate of drug-likeness (QED) is 0.716. The highest BCUT2D eigenvalue weighted by Crippen LogP contribution is 2.30. The van der Waals surface area contributed by atoms with Gasteiger partial charge in [0.2, 0.25) is 0 Å². The minimum Gasteiger partial charge on any atom is -0.494 e. The number of aromatic nitrogens is 2. The lowest BCUT2D eigenvalue weighted by Gasteiger charge is -2.10. The lowest BCUT2D eigenvalue weighted by molar-refractivity contribution is 0.414. The van der Waals surface area contributed by atoms with Crippen molar-refractivity contribution in [2.24, 2.45) is 0 Å². The molecule has 0 aliphatic rings. The molecule has 0 bridgehead atoms. The lowest BCUT2D eigenvalue weighted by Crippen LogP contribution is -1.97. The van der Waals surface area contributed by atoms with Crippen LogP contribution >= 0.6 is 11.6 Å². The molecule has 0 aliphatic carbocycles. The van der Waals surface area contributed by atoms with Crippen molar-refractivity contribution in [3.63, 3.8) is 0 Å². The average Bonchev–Trinajstić information content (AvgIpc) is 2.56. The van der Waals surface area contributed by atoms with Gasteiger partial charge in [-0.05, 0) is 42.0 Å². The van der Waals surface area contributed by atoms with E-state index in [1.807, 2.05) is 48.5 Å². The van der Waals surface area contributed by atoms with Crippen LogP contribution in [0.3, 0.4) is 0 Å². The van der Waals surface area contributed by atoms with Crippen LogP contribution in [-0.2, 0) is 6.42 Å². The Balaban J connectivity index is 1.99. The van der Waals surface area contributed by atoms with E-state index in [4.69, 9.17) is 21.3 Å². The van der Waals surface area contributed by atoms with Gasteiger partial charge in [0.25, 0.3) is 0 Å². The summed E-state index contributed by atoms with van der Waals surface area (Å²) in [6.07, 6.45) is 4.33. The summed E-state index contributed by atoms with van der Waals surface area (Å²) in [6.45, 7) is 0. The third-order valence-corrected chi connectivity index (χ3v) is 3.60. The Bertz CT molecular complexity index is 775. The van der Waals surface area contributed by atoms with Gasteiger partial charge in [0, 0.05) is 35.1 Å². The van der Waals surface area contributed by atoms with Crippen molar-refractivity contribution in [3.05, 3.63) is 77.2 Å². The summed E-state index contributed by atoms with van der Waals surface area (Å²) in [6, 6.07) is 15.5. The van der Waals surface area contributed by atoms with Gasteiger partial charge in [-0.25, -0.2) is 4.98 Å². The van der Waals surface area contributed by atoms with E-state index in [1.165, 1.54) is 5.56 Å². The highest BCUT2D eigenvalue weighted by atomic mass is 35.5. The van der Waals surface area contributed by atoms with Gasteiger partial charge >= 0.3 is 0 Å². The number of hydrogen-bond donors (Lipinski definition) is 0. The van der Waals surface area contributed by atoms with Crippen molar-refractivity contribution in [2.45, 2.75) is 6.42 Å². The largest absolute Gasteiger partial charge is 0.494 e. The molecule has 0 aliphatic heterocycles. The van der Waals surface area contributed by atoms with Crippen LogP contribution in [0, 0.1) is 0 Å². The van der Waals surface area contributed by atoms with Crippen molar-refractivity contribution in [2.75, 3.05) is 7.11 Å². The van der Waals surface area contributed by atoms with Gasteiger partial charge in [-0.15, -0.1) is 0 Å². The molecular weight excluding hydrogens is 295 g/mol. The van der Waals surface area contributed by atoms with Crippen molar-refractivity contribution in [1.82, 2.24) is 9.97 Å². The van der Waals surface area contributed by atoms with Crippen molar-refractivity contribution in [3.8, 4) is 17.0 Å². The summed E-state index contributed by atoms with van der Waals surface area (Å²) in [5, 5.41) is 0.681. The molecule has 110 valence electrons. The summed E-state index contributed by atoms with van der Waals surface area (Å²) >= 11 is 6.08. The number of methoxy groups -OCH3 is 1. The predicted octanol–water partition coefficient (Wildman–Crippen LogP) is 4.40. The Morgan fingerprint density at radius 3 is 2.59 bits per heavy atom. The molecule has 0 spiro atoms. The number of benzene rings is 1. The SMILES string of the molecule is [11CH3]Oc1ccc(Cc2ccncc2)nc1-c1cccc(Cl)c1. The lowest BCUT2D eigenvalue weighted by atomic mass is 10.1. The number of ether oxygens (including phenoxy) is 1. The molecule has 0 radical (unpaired) electrons. The van der Waals surface area contributed by atoms with Gasteiger partial charge in [0.1, 0.15) is 11.4 Å². The highest BCUT2D eigenvalue weighted by molar-refractivity contribution is 6.30. The van der Waals surface area contributed by atoms with Crippen LogP contribution in [0.25, 0.3) is 11.3 Å². The smallest absolute Gasteiger partial charge is 0.145 e. The Morgan fingerprint density at radius 2 is 1.86 bits per heavy atom. The minimum absolute atomic E-state index is 0.681. The van der Waals surface area contributed by atoms with Gasteiger partial charge in [0.05, 0.1) is 7.11 Å². The first-order valence-electron chi connectivity index (χ1n) is 6.95. The molecule has 3 rings (SSSR count). The highest BCUT2D eigenvalue weighted by Gasteiger charge is 2.10. The predicted molar refractivity (Wildman–Crippen MR) is 88.3 cm³/mol. The number of hydrogen-bond acceptors (Lipinski definition) is 3. The first-order chi connectivity index (χ1) is 10.8. The topological polar surface area (TPSA) is 35.0 Å². The van der Waals surface area contributed by atoms with Gasteiger partial charge in [0.15, 0.2) is 0 Å². The fraction of sp³-hybridized carbons (Fsp3) is 0.111. The second-order valence-corrected chi connectivity index (χ2v) is 5.33. The van der Waals surface area contributed by atoms with E-state index in [-0.39, 0.29) is 0 Å². The second kappa shape index (κ2) is 6.58. The molecule has 0 N–H and O–H groups in total. The molecule has 0 fully saturated rings. The molecule has 1 aromatic carbocycles. The molecule has 0 unspecified atom stereocenters. The maximum Gasteiger partial charge on any atom is 0.145 e. The normalized spacial score (nSPS) is 10.5. The first kappa shape index (κ1) is 14.5. The fourth-order valence-electron chi connectivity index (χ4n) is 2.30. The van der Waals surface area contributed by atoms with Crippen LogP contribution in [0.5, 0.6) is 5.75 Å². The van der Waals surface area contributed by atoms with E-state index in [0.717, 1.165) is 29.1 Å². The van der Waals surface area contributed by atoms with E-state index >= 15 is 0 Å². The molecule has 22 heavy (non-hydrogen) atoms. The van der Waals surface area contributed by atoms with Crippen molar-refractivity contribution in [1.29, 1.82) is 0 Å². The summed E-state index contributed by atoms with van der Waals surface area (Å²) < 4.78 is 5.43. The van der Waals surface area contributed by atoms with Crippen LogP contribution < -0.4 is 4.74 Å². The molecular formula is C18H15ClN2O.